The summed E-state index contributed by atoms with van der Waals surface area (Å²) in [6.45, 7) is 1.68. The molecule has 0 radical (unpaired) electrons. The van der Waals surface area contributed by atoms with Gasteiger partial charge in [-0.15, -0.1) is 0 Å². The molecule has 0 bridgehead atoms. The quantitative estimate of drug-likeness (QED) is 0.632. The van der Waals surface area contributed by atoms with E-state index in [2.05, 4.69) is 20.9 Å². The molecule has 17 heavy (non-hydrogen) atoms. The summed E-state index contributed by atoms with van der Waals surface area (Å²) in [5.74, 6) is -0.00600. The van der Waals surface area contributed by atoms with Gasteiger partial charge in [0.2, 0.25) is 0 Å². The van der Waals surface area contributed by atoms with Gasteiger partial charge in [-0.25, -0.2) is 9.37 Å². The van der Waals surface area contributed by atoms with Crippen molar-refractivity contribution >= 4 is 21.6 Å². The fraction of sp³-hybridized carbons (Fsp3) is 0.100. The minimum atomic E-state index is -0.557. The molecule has 0 N–H and O–H groups in total. The Morgan fingerprint density at radius 3 is 2.76 bits per heavy atom. The second-order valence-electron chi connectivity index (χ2n) is 3.36. The Hall–Kier alpha value is -1.76. The van der Waals surface area contributed by atoms with Crippen LogP contribution in [-0.4, -0.2) is 14.5 Å². The van der Waals surface area contributed by atoms with Gasteiger partial charge >= 0.3 is 0 Å². The Morgan fingerprint density at radius 2 is 2.24 bits per heavy atom. The molecule has 1 aromatic heterocycles. The smallest absolute Gasteiger partial charge is 0.294 e. The molecule has 88 valence electrons. The molecule has 0 fully saturated rings. The maximum Gasteiger partial charge on any atom is 0.294 e. The summed E-state index contributed by atoms with van der Waals surface area (Å²) in [5.41, 5.74) is -0.0231. The van der Waals surface area contributed by atoms with Crippen LogP contribution in [0.1, 0.15) is 5.82 Å². The van der Waals surface area contributed by atoms with E-state index in [1.54, 1.807) is 13.1 Å². The Balaban J connectivity index is 2.72. The summed E-state index contributed by atoms with van der Waals surface area (Å²) < 4.78 is 15.0. The zero-order valence-electron chi connectivity index (χ0n) is 8.72. The first-order valence-corrected chi connectivity index (χ1v) is 5.43. The fourth-order valence-corrected chi connectivity index (χ4v) is 1.83. The maximum absolute atomic E-state index is 13.4. The van der Waals surface area contributed by atoms with Gasteiger partial charge in [0.05, 0.1) is 9.40 Å². The second-order valence-corrected chi connectivity index (χ2v) is 4.21. The number of nitro benzene ring substituents is 1. The van der Waals surface area contributed by atoms with E-state index >= 15 is 0 Å². The number of hydrogen-bond acceptors (Lipinski definition) is 3. The van der Waals surface area contributed by atoms with Crippen LogP contribution in [0.5, 0.6) is 0 Å². The van der Waals surface area contributed by atoms with Crippen molar-refractivity contribution in [3.63, 3.8) is 0 Å². The van der Waals surface area contributed by atoms with Crippen LogP contribution in [0, 0.1) is 22.9 Å². The Labute approximate surface area is 104 Å². The van der Waals surface area contributed by atoms with Crippen molar-refractivity contribution in [2.24, 2.45) is 0 Å². The lowest BCUT2D eigenvalue weighted by atomic mass is 10.2. The summed E-state index contributed by atoms with van der Waals surface area (Å²) in [4.78, 5) is 14.3. The van der Waals surface area contributed by atoms with Crippen LogP contribution in [0.15, 0.2) is 29.0 Å². The zero-order chi connectivity index (χ0) is 12.6. The van der Waals surface area contributed by atoms with Gasteiger partial charge < -0.3 is 0 Å². The van der Waals surface area contributed by atoms with Crippen LogP contribution >= 0.6 is 15.9 Å². The molecule has 0 saturated carbocycles. The summed E-state index contributed by atoms with van der Waals surface area (Å²) in [7, 11) is 0. The third-order valence-electron chi connectivity index (χ3n) is 2.30. The van der Waals surface area contributed by atoms with Crippen LogP contribution < -0.4 is 0 Å². The van der Waals surface area contributed by atoms with Crippen molar-refractivity contribution in [2.75, 3.05) is 0 Å². The van der Waals surface area contributed by atoms with Gasteiger partial charge in [0.1, 0.15) is 17.3 Å². The molecule has 2 rings (SSSR count). The number of nitro groups is 1. The Bertz CT molecular complexity index is 597. The molecule has 1 aromatic carbocycles. The summed E-state index contributed by atoms with van der Waals surface area (Å²) >= 11 is 2.93. The third-order valence-corrected chi connectivity index (χ3v) is 2.91. The van der Waals surface area contributed by atoms with Crippen LogP contribution in [0.2, 0.25) is 0 Å². The van der Waals surface area contributed by atoms with Gasteiger partial charge in [-0.05, 0) is 22.9 Å². The highest BCUT2D eigenvalue weighted by Crippen LogP contribution is 2.29. The number of aromatic nitrogens is 2. The molecule has 0 aliphatic carbocycles. The van der Waals surface area contributed by atoms with Gasteiger partial charge in [-0.3, -0.25) is 14.7 Å². The first kappa shape index (κ1) is 11.7. The van der Waals surface area contributed by atoms with E-state index in [0.29, 0.717) is 5.82 Å². The van der Waals surface area contributed by atoms with E-state index in [0.717, 1.165) is 12.1 Å². The molecule has 0 amide bonds. The van der Waals surface area contributed by atoms with Crippen LogP contribution in [0.25, 0.3) is 5.69 Å². The van der Waals surface area contributed by atoms with E-state index in [-0.39, 0.29) is 15.8 Å². The molecule has 0 atom stereocenters. The van der Waals surface area contributed by atoms with Crippen molar-refractivity contribution in [1.82, 2.24) is 9.55 Å². The standard InChI is InChI=1S/C10H7BrFN3O2/c1-6-13-2-3-14(6)9-5-8(12)7(11)4-10(9)15(16)17/h2-5H,1H3. The molecule has 7 heteroatoms. The number of rotatable bonds is 2. The Kier molecular flexibility index (Phi) is 2.93. The van der Waals surface area contributed by atoms with E-state index in [9.17, 15) is 14.5 Å². The summed E-state index contributed by atoms with van der Waals surface area (Å²) in [5, 5.41) is 10.9. The predicted octanol–water partition coefficient (Wildman–Crippen LogP) is 2.99. The third kappa shape index (κ3) is 2.05. The normalized spacial score (nSPS) is 10.5. The molecular formula is C10H7BrFN3O2. The number of halogens is 2. The van der Waals surface area contributed by atoms with Crippen LogP contribution in [0.4, 0.5) is 10.1 Å². The molecule has 1 heterocycles. The summed E-state index contributed by atoms with van der Waals surface area (Å²) in [6.07, 6.45) is 3.05. The fourth-order valence-electron chi connectivity index (χ4n) is 1.50. The topological polar surface area (TPSA) is 61.0 Å². The monoisotopic (exact) mass is 299 g/mol. The summed E-state index contributed by atoms with van der Waals surface area (Å²) in [6, 6.07) is 2.25. The number of imidazole rings is 1. The molecule has 0 spiro atoms. The molecule has 0 aliphatic rings. The van der Waals surface area contributed by atoms with Crippen LogP contribution in [-0.2, 0) is 0 Å². The van der Waals surface area contributed by atoms with Gasteiger partial charge in [0.15, 0.2) is 0 Å². The Morgan fingerprint density at radius 1 is 1.53 bits per heavy atom. The number of nitrogens with zero attached hydrogens (tertiary/aromatic N) is 3. The van der Waals surface area contributed by atoms with Crippen molar-refractivity contribution in [1.29, 1.82) is 0 Å². The molecule has 0 saturated heterocycles. The maximum atomic E-state index is 13.4. The molecule has 0 aliphatic heterocycles. The number of hydrogen-bond donors (Lipinski definition) is 0. The number of aryl methyl sites for hydroxylation is 1. The van der Waals surface area contributed by atoms with Crippen molar-refractivity contribution in [3.8, 4) is 5.69 Å². The van der Waals surface area contributed by atoms with Gasteiger partial charge in [0.25, 0.3) is 5.69 Å². The van der Waals surface area contributed by atoms with Gasteiger partial charge in [0, 0.05) is 24.5 Å². The lowest BCUT2D eigenvalue weighted by molar-refractivity contribution is -0.384. The highest BCUT2D eigenvalue weighted by molar-refractivity contribution is 9.10. The predicted molar refractivity (Wildman–Crippen MR) is 62.6 cm³/mol. The molecular weight excluding hydrogens is 293 g/mol. The first-order valence-electron chi connectivity index (χ1n) is 4.64. The molecule has 0 unspecified atom stereocenters. The van der Waals surface area contributed by atoms with E-state index in [1.165, 1.54) is 10.8 Å². The van der Waals surface area contributed by atoms with Gasteiger partial charge in [-0.2, -0.15) is 0 Å². The van der Waals surface area contributed by atoms with E-state index < -0.39 is 10.7 Å². The molecule has 2 aromatic rings. The van der Waals surface area contributed by atoms with Crippen molar-refractivity contribution in [3.05, 3.63) is 50.8 Å². The number of benzene rings is 1. The van der Waals surface area contributed by atoms with Crippen molar-refractivity contribution < 1.29 is 9.31 Å². The lowest BCUT2D eigenvalue weighted by Crippen LogP contribution is -2.02. The minimum absolute atomic E-state index is 0.0609. The minimum Gasteiger partial charge on any atom is -0.298 e. The highest BCUT2D eigenvalue weighted by atomic mass is 79.9. The first-order chi connectivity index (χ1) is 8.00. The zero-order valence-corrected chi connectivity index (χ0v) is 10.3. The van der Waals surface area contributed by atoms with Gasteiger partial charge in [-0.1, -0.05) is 0 Å². The second kappa shape index (κ2) is 4.25. The average molecular weight is 300 g/mol. The van der Waals surface area contributed by atoms with E-state index in [1.807, 2.05) is 0 Å². The highest BCUT2D eigenvalue weighted by Gasteiger charge is 2.19. The molecule has 5 nitrogen and oxygen atoms in total. The SMILES string of the molecule is Cc1nccn1-c1cc(F)c(Br)cc1[N+](=O)[O-]. The largest absolute Gasteiger partial charge is 0.298 e. The lowest BCUT2D eigenvalue weighted by Gasteiger charge is -2.07. The average Bonchev–Trinajstić information content (AvgIpc) is 2.67. The van der Waals surface area contributed by atoms with Crippen LogP contribution in [0.3, 0.4) is 0 Å². The van der Waals surface area contributed by atoms with Crippen molar-refractivity contribution in [2.45, 2.75) is 6.92 Å². The van der Waals surface area contributed by atoms with E-state index in [4.69, 9.17) is 0 Å².